The van der Waals surface area contributed by atoms with Crippen molar-refractivity contribution in [2.24, 2.45) is 0 Å². The molecule has 0 aliphatic carbocycles. The Balaban J connectivity index is 1.61. The van der Waals surface area contributed by atoms with Gasteiger partial charge >= 0.3 is 6.03 Å². The van der Waals surface area contributed by atoms with E-state index in [0.29, 0.717) is 6.04 Å². The first kappa shape index (κ1) is 20.2. The minimum Gasteiger partial charge on any atom is -0.494 e. The maximum atomic E-state index is 12.7. The zero-order chi connectivity index (χ0) is 20.1. The molecule has 1 atom stereocenters. The van der Waals surface area contributed by atoms with Gasteiger partial charge in [0.15, 0.2) is 0 Å². The summed E-state index contributed by atoms with van der Waals surface area (Å²) in [5.41, 5.74) is 1.82. The SMILES string of the molecule is CCN1CCC(N(C)C(=O)N[C@H](C)c2cnn(-c3ccccc3OC)c2)CC1. The van der Waals surface area contributed by atoms with E-state index in [1.807, 2.05) is 49.3 Å². The number of carbonyl (C=O) groups excluding carboxylic acids is 1. The number of hydrogen-bond acceptors (Lipinski definition) is 4. The van der Waals surface area contributed by atoms with E-state index in [9.17, 15) is 4.79 Å². The van der Waals surface area contributed by atoms with E-state index in [4.69, 9.17) is 4.74 Å². The standard InChI is InChI=1S/C21H31N5O2/c1-5-25-12-10-18(11-13-25)24(3)21(27)23-16(2)17-14-22-26(15-17)19-8-6-7-9-20(19)28-4/h6-9,14-16,18H,5,10-13H2,1-4H3,(H,23,27)/t16-/m1/s1. The van der Waals surface area contributed by atoms with Crippen molar-refractivity contribution in [1.82, 2.24) is 24.9 Å². The number of nitrogens with zero attached hydrogens (tertiary/aromatic N) is 4. The first-order valence-corrected chi connectivity index (χ1v) is 9.97. The molecule has 1 aromatic carbocycles. The highest BCUT2D eigenvalue weighted by atomic mass is 16.5. The van der Waals surface area contributed by atoms with Crippen molar-refractivity contribution < 1.29 is 9.53 Å². The molecule has 0 saturated carbocycles. The molecule has 0 radical (unpaired) electrons. The summed E-state index contributed by atoms with van der Waals surface area (Å²) in [7, 11) is 3.54. The molecule has 1 aromatic heterocycles. The van der Waals surface area contributed by atoms with Gasteiger partial charge in [-0.05, 0) is 38.4 Å². The molecule has 0 bridgehead atoms. The van der Waals surface area contributed by atoms with Crippen molar-refractivity contribution in [3.8, 4) is 11.4 Å². The van der Waals surface area contributed by atoms with Gasteiger partial charge in [0.05, 0.1) is 19.3 Å². The molecule has 2 heterocycles. The molecule has 152 valence electrons. The van der Waals surface area contributed by atoms with Crippen LogP contribution in [0, 0.1) is 0 Å². The maximum absolute atomic E-state index is 12.7. The number of nitrogens with one attached hydrogen (secondary N) is 1. The molecule has 2 aromatic rings. The van der Waals surface area contributed by atoms with Gasteiger partial charge in [0, 0.05) is 37.9 Å². The van der Waals surface area contributed by atoms with E-state index in [1.54, 1.807) is 18.0 Å². The molecular weight excluding hydrogens is 354 g/mol. The van der Waals surface area contributed by atoms with E-state index in [1.165, 1.54) is 0 Å². The number of likely N-dealkylation sites (tertiary alicyclic amines) is 1. The zero-order valence-corrected chi connectivity index (χ0v) is 17.3. The third kappa shape index (κ3) is 4.47. The molecule has 28 heavy (non-hydrogen) atoms. The molecule has 1 N–H and O–H groups in total. The molecule has 0 spiro atoms. The van der Waals surface area contributed by atoms with Crippen LogP contribution >= 0.6 is 0 Å². The Bertz CT molecular complexity index is 783. The van der Waals surface area contributed by atoms with Crippen molar-refractivity contribution in [3.05, 3.63) is 42.2 Å². The fourth-order valence-electron chi connectivity index (χ4n) is 3.67. The number of carbonyl (C=O) groups is 1. The Morgan fingerprint density at radius 2 is 2.07 bits per heavy atom. The molecule has 7 heteroatoms. The molecule has 1 saturated heterocycles. The second-order valence-corrected chi connectivity index (χ2v) is 7.34. The van der Waals surface area contributed by atoms with Crippen molar-refractivity contribution in [2.45, 2.75) is 38.8 Å². The molecule has 1 aliphatic rings. The molecule has 7 nitrogen and oxygen atoms in total. The van der Waals surface area contributed by atoms with E-state index in [-0.39, 0.29) is 12.1 Å². The predicted octanol–water partition coefficient (Wildman–Crippen LogP) is 3.07. The smallest absolute Gasteiger partial charge is 0.317 e. The second-order valence-electron chi connectivity index (χ2n) is 7.34. The largest absolute Gasteiger partial charge is 0.494 e. The average molecular weight is 386 g/mol. The number of amides is 2. The molecule has 0 unspecified atom stereocenters. The lowest BCUT2D eigenvalue weighted by Gasteiger charge is -2.36. The summed E-state index contributed by atoms with van der Waals surface area (Å²) in [6, 6.07) is 7.86. The summed E-state index contributed by atoms with van der Waals surface area (Å²) in [6.07, 6.45) is 5.77. The number of aromatic nitrogens is 2. The van der Waals surface area contributed by atoms with Crippen LogP contribution in [0.4, 0.5) is 4.79 Å². The number of hydrogen-bond donors (Lipinski definition) is 1. The number of methoxy groups -OCH3 is 1. The fraction of sp³-hybridized carbons (Fsp3) is 0.524. The van der Waals surface area contributed by atoms with Gasteiger partial charge in [0.2, 0.25) is 0 Å². The third-order valence-corrected chi connectivity index (χ3v) is 5.65. The Hall–Kier alpha value is -2.54. The van der Waals surface area contributed by atoms with Gasteiger partial charge in [-0.3, -0.25) is 0 Å². The van der Waals surface area contributed by atoms with Gasteiger partial charge in [0.25, 0.3) is 0 Å². The van der Waals surface area contributed by atoms with Crippen LogP contribution in [0.2, 0.25) is 0 Å². The summed E-state index contributed by atoms with van der Waals surface area (Å²) in [5.74, 6) is 0.756. The van der Waals surface area contributed by atoms with Crippen LogP contribution in [0.5, 0.6) is 5.75 Å². The molecule has 2 amide bonds. The van der Waals surface area contributed by atoms with Gasteiger partial charge in [-0.15, -0.1) is 0 Å². The quantitative estimate of drug-likeness (QED) is 0.830. The Morgan fingerprint density at radius 1 is 1.36 bits per heavy atom. The summed E-state index contributed by atoms with van der Waals surface area (Å²) < 4.78 is 7.19. The molecule has 1 aliphatic heterocycles. The number of benzene rings is 1. The van der Waals surface area contributed by atoms with Crippen LogP contribution in [0.1, 0.15) is 38.3 Å². The highest BCUT2D eigenvalue weighted by Crippen LogP contribution is 2.23. The van der Waals surface area contributed by atoms with Crippen molar-refractivity contribution in [2.75, 3.05) is 33.8 Å². The monoisotopic (exact) mass is 385 g/mol. The summed E-state index contributed by atoms with van der Waals surface area (Å²) in [5, 5.41) is 7.54. The van der Waals surface area contributed by atoms with E-state index in [2.05, 4.69) is 22.2 Å². The maximum Gasteiger partial charge on any atom is 0.317 e. The highest BCUT2D eigenvalue weighted by Gasteiger charge is 2.25. The lowest BCUT2D eigenvalue weighted by atomic mass is 10.0. The summed E-state index contributed by atoms with van der Waals surface area (Å²) in [4.78, 5) is 17.0. The van der Waals surface area contributed by atoms with Crippen LogP contribution in [-0.4, -0.2) is 65.4 Å². The number of urea groups is 1. The first-order chi connectivity index (χ1) is 13.5. The minimum absolute atomic E-state index is 0.0347. The fourth-order valence-corrected chi connectivity index (χ4v) is 3.67. The van der Waals surface area contributed by atoms with E-state index >= 15 is 0 Å². The van der Waals surface area contributed by atoms with Gasteiger partial charge in [-0.25, -0.2) is 9.48 Å². The van der Waals surface area contributed by atoms with Crippen LogP contribution in [-0.2, 0) is 0 Å². The summed E-state index contributed by atoms with van der Waals surface area (Å²) >= 11 is 0. The molecule has 3 rings (SSSR count). The van der Waals surface area contributed by atoms with E-state index in [0.717, 1.165) is 49.5 Å². The van der Waals surface area contributed by atoms with Crippen molar-refractivity contribution in [3.63, 3.8) is 0 Å². The van der Waals surface area contributed by atoms with Gasteiger partial charge < -0.3 is 19.9 Å². The summed E-state index contributed by atoms with van der Waals surface area (Å²) in [6.45, 7) is 7.36. The number of piperidine rings is 1. The van der Waals surface area contributed by atoms with Gasteiger partial charge in [0.1, 0.15) is 11.4 Å². The second kappa shape index (κ2) is 9.10. The predicted molar refractivity (Wildman–Crippen MR) is 110 cm³/mol. The van der Waals surface area contributed by atoms with Crippen LogP contribution < -0.4 is 10.1 Å². The molecule has 1 fully saturated rings. The Labute approximate surface area is 167 Å². The Morgan fingerprint density at radius 3 is 2.75 bits per heavy atom. The Kier molecular flexibility index (Phi) is 6.57. The number of rotatable bonds is 6. The topological polar surface area (TPSA) is 62.6 Å². The van der Waals surface area contributed by atoms with Gasteiger partial charge in [-0.1, -0.05) is 19.1 Å². The van der Waals surface area contributed by atoms with Crippen molar-refractivity contribution in [1.29, 1.82) is 0 Å². The van der Waals surface area contributed by atoms with Crippen LogP contribution in [0.25, 0.3) is 5.69 Å². The molecular formula is C21H31N5O2. The lowest BCUT2D eigenvalue weighted by molar-refractivity contribution is 0.136. The third-order valence-electron chi connectivity index (χ3n) is 5.65. The normalized spacial score (nSPS) is 16.6. The van der Waals surface area contributed by atoms with Crippen LogP contribution in [0.15, 0.2) is 36.7 Å². The van der Waals surface area contributed by atoms with E-state index < -0.39 is 0 Å². The number of ether oxygens (including phenoxy) is 1. The number of para-hydroxylation sites is 2. The first-order valence-electron chi connectivity index (χ1n) is 9.97. The van der Waals surface area contributed by atoms with Crippen molar-refractivity contribution >= 4 is 6.03 Å². The highest BCUT2D eigenvalue weighted by molar-refractivity contribution is 5.74. The lowest BCUT2D eigenvalue weighted by Crippen LogP contribution is -2.49. The minimum atomic E-state index is -0.130. The van der Waals surface area contributed by atoms with Gasteiger partial charge in [-0.2, -0.15) is 5.10 Å². The zero-order valence-electron chi connectivity index (χ0n) is 17.3. The average Bonchev–Trinajstić information content (AvgIpc) is 3.23. The van der Waals surface area contributed by atoms with Crippen LogP contribution in [0.3, 0.4) is 0 Å².